The van der Waals surface area contributed by atoms with Crippen LogP contribution >= 0.6 is 24.0 Å². The first-order valence-corrected chi connectivity index (χ1v) is 5.89. The van der Waals surface area contributed by atoms with Crippen LogP contribution in [0.5, 0.6) is 0 Å². The van der Waals surface area contributed by atoms with Crippen LogP contribution < -0.4 is 5.32 Å². The molecule has 2 nitrogen and oxygen atoms in total. The van der Waals surface area contributed by atoms with E-state index in [9.17, 15) is 4.39 Å². The van der Waals surface area contributed by atoms with E-state index in [1.54, 1.807) is 12.1 Å². The number of hydrogen-bond acceptors (Lipinski definition) is 2. The van der Waals surface area contributed by atoms with Gasteiger partial charge in [-0.25, -0.2) is 4.39 Å². The fourth-order valence-corrected chi connectivity index (χ4v) is 2.27. The average molecular weight is 279 g/mol. The maximum Gasteiger partial charge on any atom is 0.141 e. The van der Waals surface area contributed by atoms with Gasteiger partial charge in [0.25, 0.3) is 0 Å². The first-order valence-electron chi connectivity index (χ1n) is 5.51. The van der Waals surface area contributed by atoms with Crippen molar-refractivity contribution in [2.45, 2.75) is 19.0 Å². The first kappa shape index (κ1) is 14.7. The normalized spacial score (nSPS) is 19.4. The minimum absolute atomic E-state index is 0. The summed E-state index contributed by atoms with van der Waals surface area (Å²) in [4.78, 5) is 2.28. The van der Waals surface area contributed by atoms with Gasteiger partial charge in [-0.2, -0.15) is 0 Å². The molecule has 1 N–H and O–H groups in total. The van der Waals surface area contributed by atoms with Gasteiger partial charge >= 0.3 is 0 Å². The lowest BCUT2D eigenvalue weighted by molar-refractivity contribution is 0.249. The third-order valence-electron chi connectivity index (χ3n) is 3.07. The van der Waals surface area contributed by atoms with Gasteiger partial charge in [-0.05, 0) is 37.7 Å². The van der Waals surface area contributed by atoms with E-state index >= 15 is 0 Å². The Morgan fingerprint density at radius 1 is 1.53 bits per heavy atom. The highest BCUT2D eigenvalue weighted by Gasteiger charge is 2.19. The largest absolute Gasteiger partial charge is 0.315 e. The molecule has 0 saturated carbocycles. The Kier molecular flexibility index (Phi) is 5.67. The predicted octanol–water partition coefficient (Wildman–Crippen LogP) is 2.69. The van der Waals surface area contributed by atoms with Gasteiger partial charge in [-0.3, -0.25) is 4.90 Å². The van der Waals surface area contributed by atoms with Crippen LogP contribution in [0.1, 0.15) is 12.0 Å². The van der Waals surface area contributed by atoms with E-state index in [2.05, 4.69) is 17.3 Å². The number of halogens is 3. The summed E-state index contributed by atoms with van der Waals surface area (Å²) < 4.78 is 13.0. The fourth-order valence-electron chi connectivity index (χ4n) is 2.07. The van der Waals surface area contributed by atoms with Crippen molar-refractivity contribution in [2.75, 3.05) is 20.1 Å². The molecule has 1 aromatic rings. The highest BCUT2D eigenvalue weighted by molar-refractivity contribution is 6.30. The Morgan fingerprint density at radius 2 is 2.29 bits per heavy atom. The summed E-state index contributed by atoms with van der Waals surface area (Å²) in [6.07, 6.45) is 1.17. The molecule has 5 heteroatoms. The molecule has 0 radical (unpaired) electrons. The summed E-state index contributed by atoms with van der Waals surface area (Å²) >= 11 is 5.75. The van der Waals surface area contributed by atoms with Crippen LogP contribution in [0.25, 0.3) is 0 Å². The van der Waals surface area contributed by atoms with Crippen molar-refractivity contribution in [3.63, 3.8) is 0 Å². The lowest BCUT2D eigenvalue weighted by Crippen LogP contribution is -2.32. The molecule has 0 bridgehead atoms. The average Bonchev–Trinajstić information content (AvgIpc) is 2.77. The maximum absolute atomic E-state index is 13.0. The van der Waals surface area contributed by atoms with Crippen LogP contribution in [0.2, 0.25) is 5.02 Å². The van der Waals surface area contributed by atoms with Crippen LogP contribution in [0.15, 0.2) is 18.2 Å². The molecule has 1 heterocycles. The van der Waals surface area contributed by atoms with E-state index < -0.39 is 0 Å². The molecule has 1 unspecified atom stereocenters. The van der Waals surface area contributed by atoms with Crippen molar-refractivity contribution in [3.8, 4) is 0 Å². The third-order valence-corrected chi connectivity index (χ3v) is 3.36. The molecule has 0 aromatic heterocycles. The zero-order valence-corrected chi connectivity index (χ0v) is 11.3. The Hall–Kier alpha value is -0.350. The highest BCUT2D eigenvalue weighted by atomic mass is 35.5. The van der Waals surface area contributed by atoms with Gasteiger partial charge in [0.15, 0.2) is 0 Å². The number of nitrogens with zero attached hydrogens (tertiary/aromatic N) is 1. The Bertz CT molecular complexity index is 368. The minimum Gasteiger partial charge on any atom is -0.315 e. The monoisotopic (exact) mass is 278 g/mol. The van der Waals surface area contributed by atoms with Crippen molar-refractivity contribution in [2.24, 2.45) is 0 Å². The SMILES string of the molecule is CN(Cc1ccc(F)c(Cl)c1)C1CCNC1.Cl. The lowest BCUT2D eigenvalue weighted by Gasteiger charge is -2.23. The highest BCUT2D eigenvalue weighted by Crippen LogP contribution is 2.18. The molecular weight excluding hydrogens is 262 g/mol. The summed E-state index contributed by atoms with van der Waals surface area (Å²) in [5, 5.41) is 3.54. The molecule has 2 rings (SSSR count). The van der Waals surface area contributed by atoms with Gasteiger partial charge in [0.1, 0.15) is 5.82 Å². The van der Waals surface area contributed by atoms with Crippen LogP contribution in [0.3, 0.4) is 0 Å². The molecule has 1 saturated heterocycles. The van der Waals surface area contributed by atoms with Gasteiger partial charge < -0.3 is 5.32 Å². The van der Waals surface area contributed by atoms with Crippen molar-refractivity contribution in [3.05, 3.63) is 34.6 Å². The molecular formula is C12H17Cl2FN2. The van der Waals surface area contributed by atoms with E-state index in [1.807, 2.05) is 0 Å². The Morgan fingerprint density at radius 3 is 2.88 bits per heavy atom. The van der Waals surface area contributed by atoms with Crippen LogP contribution in [0.4, 0.5) is 4.39 Å². The van der Waals surface area contributed by atoms with E-state index in [4.69, 9.17) is 11.6 Å². The zero-order chi connectivity index (χ0) is 11.5. The van der Waals surface area contributed by atoms with Gasteiger partial charge in [0.2, 0.25) is 0 Å². The van der Waals surface area contributed by atoms with E-state index in [0.717, 1.165) is 25.2 Å². The molecule has 1 fully saturated rings. The molecule has 96 valence electrons. The summed E-state index contributed by atoms with van der Waals surface area (Å²) in [5.41, 5.74) is 1.06. The summed E-state index contributed by atoms with van der Waals surface area (Å²) in [5.74, 6) is -0.351. The lowest BCUT2D eigenvalue weighted by atomic mass is 10.1. The first-order chi connectivity index (χ1) is 7.66. The fraction of sp³-hybridized carbons (Fsp3) is 0.500. The number of benzene rings is 1. The van der Waals surface area contributed by atoms with Gasteiger partial charge in [-0.1, -0.05) is 17.7 Å². The van der Waals surface area contributed by atoms with Gasteiger partial charge in [-0.15, -0.1) is 12.4 Å². The molecule has 0 aliphatic carbocycles. The number of rotatable bonds is 3. The maximum atomic E-state index is 13.0. The zero-order valence-electron chi connectivity index (χ0n) is 9.75. The second-order valence-electron chi connectivity index (χ2n) is 4.31. The number of hydrogen-bond donors (Lipinski definition) is 1. The summed E-state index contributed by atoms with van der Waals surface area (Å²) in [6.45, 7) is 2.93. The van der Waals surface area contributed by atoms with Crippen molar-refractivity contribution in [1.82, 2.24) is 10.2 Å². The quantitative estimate of drug-likeness (QED) is 0.915. The third kappa shape index (κ3) is 3.81. The van der Waals surface area contributed by atoms with Crippen LogP contribution in [-0.4, -0.2) is 31.1 Å². The standard InChI is InChI=1S/C12H16ClFN2.ClH/c1-16(10-4-5-15-7-10)8-9-2-3-12(14)11(13)6-9;/h2-3,6,10,15H,4-5,7-8H2,1H3;1H. The molecule has 0 amide bonds. The second-order valence-corrected chi connectivity index (χ2v) is 4.72. The van der Waals surface area contributed by atoms with Crippen molar-refractivity contribution >= 4 is 24.0 Å². The molecule has 0 spiro atoms. The van der Waals surface area contributed by atoms with Crippen molar-refractivity contribution < 1.29 is 4.39 Å². The minimum atomic E-state index is -0.351. The van der Waals surface area contributed by atoms with E-state index in [0.29, 0.717) is 6.04 Å². The molecule has 1 atom stereocenters. The molecule has 1 aliphatic rings. The molecule has 1 aliphatic heterocycles. The smallest absolute Gasteiger partial charge is 0.141 e. The Labute approximate surface area is 113 Å². The second kappa shape index (κ2) is 6.55. The number of likely N-dealkylation sites (N-methyl/N-ethyl adjacent to an activating group) is 1. The van der Waals surface area contributed by atoms with Crippen molar-refractivity contribution in [1.29, 1.82) is 0 Å². The van der Waals surface area contributed by atoms with Gasteiger partial charge in [0.05, 0.1) is 5.02 Å². The van der Waals surface area contributed by atoms with E-state index in [-0.39, 0.29) is 23.2 Å². The van der Waals surface area contributed by atoms with Gasteiger partial charge in [0, 0.05) is 19.1 Å². The predicted molar refractivity (Wildman–Crippen MR) is 71.4 cm³/mol. The Balaban J connectivity index is 0.00000144. The molecule has 1 aromatic carbocycles. The summed E-state index contributed by atoms with van der Waals surface area (Å²) in [7, 11) is 2.09. The topological polar surface area (TPSA) is 15.3 Å². The molecule has 17 heavy (non-hydrogen) atoms. The van der Waals surface area contributed by atoms with Crippen LogP contribution in [0, 0.1) is 5.82 Å². The van der Waals surface area contributed by atoms with E-state index in [1.165, 1.54) is 12.5 Å². The summed E-state index contributed by atoms with van der Waals surface area (Å²) in [6, 6.07) is 5.50. The number of nitrogens with one attached hydrogen (secondary N) is 1. The van der Waals surface area contributed by atoms with Crippen LogP contribution in [-0.2, 0) is 6.54 Å².